The summed E-state index contributed by atoms with van der Waals surface area (Å²) in [5, 5.41) is 11.4. The molecule has 22 heavy (non-hydrogen) atoms. The Labute approximate surface area is 132 Å². The summed E-state index contributed by atoms with van der Waals surface area (Å²) in [4.78, 5) is 22.0. The fraction of sp³-hybridized carbons (Fsp3) is 0.529. The van der Waals surface area contributed by atoms with Crippen LogP contribution in [0.4, 0.5) is 4.79 Å². The number of hydrogen-bond donors (Lipinski definition) is 2. The third kappa shape index (κ3) is 9.80. The average molecular weight is 309 g/mol. The standard InChI is InChI=1S/C15H21NO4.C2H6/c1-12(14(17)18)7-5-6-10-16-15(19)20-11-13-8-3-2-4-9-13;1-2/h2-4,8-9,12H,5-7,10-11H2,1H3,(H,16,19)(H,17,18);1-2H3/t12-;/m1./s1. The summed E-state index contributed by atoms with van der Waals surface area (Å²) in [7, 11) is 0. The van der Waals surface area contributed by atoms with Crippen molar-refractivity contribution in [2.75, 3.05) is 6.54 Å². The first-order valence-electron chi connectivity index (χ1n) is 7.77. The first-order chi connectivity index (χ1) is 10.6. The van der Waals surface area contributed by atoms with Gasteiger partial charge in [-0.15, -0.1) is 0 Å². The zero-order valence-corrected chi connectivity index (χ0v) is 13.7. The van der Waals surface area contributed by atoms with Crippen molar-refractivity contribution >= 4 is 12.1 Å². The lowest BCUT2D eigenvalue weighted by molar-refractivity contribution is -0.141. The monoisotopic (exact) mass is 309 g/mol. The van der Waals surface area contributed by atoms with E-state index in [-0.39, 0.29) is 12.5 Å². The van der Waals surface area contributed by atoms with Crippen LogP contribution >= 0.6 is 0 Å². The zero-order valence-electron chi connectivity index (χ0n) is 13.7. The van der Waals surface area contributed by atoms with Crippen LogP contribution in [0.3, 0.4) is 0 Å². The molecule has 5 heteroatoms. The predicted molar refractivity (Wildman–Crippen MR) is 86.6 cm³/mol. The van der Waals surface area contributed by atoms with Crippen LogP contribution in [-0.4, -0.2) is 23.7 Å². The van der Waals surface area contributed by atoms with Crippen molar-refractivity contribution in [3.05, 3.63) is 35.9 Å². The molecule has 1 rings (SSSR count). The minimum Gasteiger partial charge on any atom is -0.481 e. The number of nitrogens with one attached hydrogen (secondary N) is 1. The largest absolute Gasteiger partial charge is 0.481 e. The summed E-state index contributed by atoms with van der Waals surface area (Å²) in [5.41, 5.74) is 0.943. The van der Waals surface area contributed by atoms with Crippen molar-refractivity contribution < 1.29 is 19.4 Å². The molecule has 1 atom stereocenters. The fourth-order valence-electron chi connectivity index (χ4n) is 1.66. The van der Waals surface area contributed by atoms with Gasteiger partial charge < -0.3 is 15.2 Å². The van der Waals surface area contributed by atoms with Crippen LogP contribution in [0, 0.1) is 5.92 Å². The molecule has 0 spiro atoms. The number of aliphatic carboxylic acids is 1. The second-order valence-electron chi connectivity index (χ2n) is 4.72. The van der Waals surface area contributed by atoms with E-state index in [4.69, 9.17) is 9.84 Å². The molecule has 0 fully saturated rings. The quantitative estimate of drug-likeness (QED) is 0.716. The first kappa shape index (κ1) is 20.0. The molecule has 1 amide bonds. The van der Waals surface area contributed by atoms with Gasteiger partial charge in [0.25, 0.3) is 0 Å². The van der Waals surface area contributed by atoms with E-state index >= 15 is 0 Å². The predicted octanol–water partition coefficient (Wildman–Crippen LogP) is 3.83. The van der Waals surface area contributed by atoms with Crippen molar-refractivity contribution in [2.45, 2.75) is 46.6 Å². The molecule has 0 saturated heterocycles. The van der Waals surface area contributed by atoms with E-state index in [1.807, 2.05) is 44.2 Å². The number of carboxylic acid groups (broad SMARTS) is 1. The lowest BCUT2D eigenvalue weighted by atomic mass is 10.0. The second kappa shape index (κ2) is 12.7. The Hall–Kier alpha value is -2.04. The Morgan fingerprint density at radius 3 is 2.41 bits per heavy atom. The van der Waals surface area contributed by atoms with Gasteiger partial charge >= 0.3 is 12.1 Å². The van der Waals surface area contributed by atoms with E-state index < -0.39 is 12.1 Å². The highest BCUT2D eigenvalue weighted by Crippen LogP contribution is 2.07. The number of carboxylic acids is 1. The van der Waals surface area contributed by atoms with Gasteiger partial charge in [-0.25, -0.2) is 4.79 Å². The van der Waals surface area contributed by atoms with E-state index in [9.17, 15) is 9.59 Å². The second-order valence-corrected chi connectivity index (χ2v) is 4.72. The summed E-state index contributed by atoms with van der Waals surface area (Å²) in [5.74, 6) is -1.11. The highest BCUT2D eigenvalue weighted by Gasteiger charge is 2.09. The van der Waals surface area contributed by atoms with Crippen molar-refractivity contribution in [1.29, 1.82) is 0 Å². The lowest BCUT2D eigenvalue weighted by Crippen LogP contribution is -2.25. The zero-order chi connectivity index (χ0) is 16.8. The third-order valence-electron chi connectivity index (χ3n) is 2.97. The Morgan fingerprint density at radius 1 is 1.18 bits per heavy atom. The Bertz CT molecular complexity index is 420. The number of hydrogen-bond acceptors (Lipinski definition) is 3. The molecule has 0 saturated carbocycles. The fourth-order valence-corrected chi connectivity index (χ4v) is 1.66. The molecule has 0 radical (unpaired) electrons. The molecule has 0 bridgehead atoms. The highest BCUT2D eigenvalue weighted by atomic mass is 16.5. The van der Waals surface area contributed by atoms with Crippen LogP contribution in [0.25, 0.3) is 0 Å². The van der Waals surface area contributed by atoms with E-state index in [2.05, 4.69) is 5.32 Å². The Morgan fingerprint density at radius 2 is 1.82 bits per heavy atom. The number of carbonyl (C=O) groups excluding carboxylic acids is 1. The van der Waals surface area contributed by atoms with Crippen LogP contribution in [0.5, 0.6) is 0 Å². The first-order valence-corrected chi connectivity index (χ1v) is 7.77. The molecular formula is C17H27NO4. The Balaban J connectivity index is 0.00000211. The molecule has 1 aromatic rings. The molecule has 0 aliphatic heterocycles. The van der Waals surface area contributed by atoms with E-state index in [1.165, 1.54) is 0 Å². The molecule has 0 unspecified atom stereocenters. The number of benzene rings is 1. The molecule has 0 aliphatic carbocycles. The summed E-state index contributed by atoms with van der Waals surface area (Å²) in [6, 6.07) is 9.46. The van der Waals surface area contributed by atoms with Crippen LogP contribution in [0.1, 0.15) is 45.6 Å². The van der Waals surface area contributed by atoms with Crippen molar-refractivity contribution in [2.24, 2.45) is 5.92 Å². The molecular weight excluding hydrogens is 282 g/mol. The number of rotatable bonds is 8. The lowest BCUT2D eigenvalue weighted by Gasteiger charge is -2.08. The molecule has 0 aliphatic rings. The molecule has 0 heterocycles. The van der Waals surface area contributed by atoms with Gasteiger partial charge in [0.15, 0.2) is 0 Å². The minimum atomic E-state index is -0.778. The number of alkyl carbamates (subject to hydrolysis) is 1. The summed E-state index contributed by atoms with van der Waals surface area (Å²) < 4.78 is 5.05. The third-order valence-corrected chi connectivity index (χ3v) is 2.97. The van der Waals surface area contributed by atoms with Gasteiger partial charge in [0.2, 0.25) is 0 Å². The maximum Gasteiger partial charge on any atom is 0.407 e. The van der Waals surface area contributed by atoms with Gasteiger partial charge in [-0.1, -0.05) is 57.5 Å². The molecule has 1 aromatic carbocycles. The van der Waals surface area contributed by atoms with Crippen LogP contribution in [0.15, 0.2) is 30.3 Å². The maximum absolute atomic E-state index is 11.4. The Kier molecular flexibility index (Phi) is 11.5. The smallest absolute Gasteiger partial charge is 0.407 e. The number of unbranched alkanes of at least 4 members (excludes halogenated alkanes) is 1. The van der Waals surface area contributed by atoms with Gasteiger partial charge in [0.1, 0.15) is 6.61 Å². The highest BCUT2D eigenvalue weighted by molar-refractivity contribution is 5.69. The van der Waals surface area contributed by atoms with Crippen LogP contribution < -0.4 is 5.32 Å². The molecule has 2 N–H and O–H groups in total. The van der Waals surface area contributed by atoms with Crippen LogP contribution in [-0.2, 0) is 16.1 Å². The number of ether oxygens (including phenoxy) is 1. The van der Waals surface area contributed by atoms with Crippen molar-refractivity contribution in [1.82, 2.24) is 5.32 Å². The van der Waals surface area contributed by atoms with Gasteiger partial charge in [0, 0.05) is 6.54 Å². The number of carbonyl (C=O) groups is 2. The molecule has 5 nitrogen and oxygen atoms in total. The van der Waals surface area contributed by atoms with Gasteiger partial charge in [-0.2, -0.15) is 0 Å². The van der Waals surface area contributed by atoms with Gasteiger partial charge in [0.05, 0.1) is 5.92 Å². The molecule has 124 valence electrons. The normalized spacial score (nSPS) is 10.9. The minimum absolute atomic E-state index is 0.253. The summed E-state index contributed by atoms with van der Waals surface area (Å²) in [6.07, 6.45) is 1.70. The summed E-state index contributed by atoms with van der Waals surface area (Å²) in [6.45, 7) is 6.44. The van der Waals surface area contributed by atoms with Crippen molar-refractivity contribution in [3.8, 4) is 0 Å². The maximum atomic E-state index is 11.4. The topological polar surface area (TPSA) is 75.6 Å². The number of amides is 1. The van der Waals surface area contributed by atoms with Gasteiger partial charge in [-0.05, 0) is 18.4 Å². The van der Waals surface area contributed by atoms with Crippen molar-refractivity contribution in [3.63, 3.8) is 0 Å². The summed E-state index contributed by atoms with van der Waals surface area (Å²) >= 11 is 0. The SMILES string of the molecule is CC.C[C@H](CCCCNC(=O)OCc1ccccc1)C(=O)O. The van der Waals surface area contributed by atoms with E-state index in [0.717, 1.165) is 18.4 Å². The van der Waals surface area contributed by atoms with E-state index in [0.29, 0.717) is 13.0 Å². The molecule has 0 aromatic heterocycles. The van der Waals surface area contributed by atoms with Gasteiger partial charge in [-0.3, -0.25) is 4.79 Å². The van der Waals surface area contributed by atoms with E-state index in [1.54, 1.807) is 6.92 Å². The average Bonchev–Trinajstić information content (AvgIpc) is 2.55. The van der Waals surface area contributed by atoms with Crippen LogP contribution in [0.2, 0.25) is 0 Å².